The van der Waals surface area contributed by atoms with Crippen molar-refractivity contribution in [1.29, 1.82) is 0 Å². The van der Waals surface area contributed by atoms with Crippen LogP contribution in [0.25, 0.3) is 0 Å². The second-order valence-corrected chi connectivity index (χ2v) is 8.97. The highest BCUT2D eigenvalue weighted by molar-refractivity contribution is 5.80. The summed E-state index contributed by atoms with van der Waals surface area (Å²) in [6.45, 7) is 1.05. The average molecular weight is 343 g/mol. The molecule has 1 heterocycles. The number of ether oxygens (including phenoxy) is 1. The van der Waals surface area contributed by atoms with Crippen LogP contribution in [0.3, 0.4) is 0 Å². The molecule has 3 saturated carbocycles. The molecular formula is C21H29NO3. The van der Waals surface area contributed by atoms with Gasteiger partial charge in [0.1, 0.15) is 11.5 Å². The number of carbonyl (C=O) groups is 1. The van der Waals surface area contributed by atoms with Crippen LogP contribution in [0.4, 0.5) is 0 Å². The van der Waals surface area contributed by atoms with E-state index < -0.39 is 5.60 Å². The fraction of sp³-hybridized carbons (Fsp3) is 0.762. The average Bonchev–Trinajstić information content (AvgIpc) is 3.33. The first kappa shape index (κ1) is 16.1. The van der Waals surface area contributed by atoms with Crippen LogP contribution in [0.2, 0.25) is 0 Å². The third-order valence-corrected chi connectivity index (χ3v) is 7.51. The van der Waals surface area contributed by atoms with Gasteiger partial charge in [0.15, 0.2) is 0 Å². The maximum atomic E-state index is 12.1. The van der Waals surface area contributed by atoms with E-state index in [1.165, 1.54) is 30.4 Å². The van der Waals surface area contributed by atoms with E-state index in [9.17, 15) is 9.90 Å². The van der Waals surface area contributed by atoms with Crippen molar-refractivity contribution in [2.45, 2.75) is 63.0 Å². The van der Waals surface area contributed by atoms with Crippen LogP contribution in [0.5, 0.6) is 0 Å². The standard InChI is InChI=1S/C21H29NO3/c1-25-18-10-16-15(5-7-21(24)6-4-14(23)9-17(16)21)20-19(18)13(11-22-20)8-12-2-3-12/h10,12-13,15,17,20,22,24H,2-9,11H2,1H3/t13?,15?,17-,20?,21-/m1/s1. The number of methoxy groups -OCH3 is 1. The first-order chi connectivity index (χ1) is 12.1. The van der Waals surface area contributed by atoms with Crippen molar-refractivity contribution in [1.82, 2.24) is 5.32 Å². The zero-order valence-electron chi connectivity index (χ0n) is 15.1. The Labute approximate surface area is 149 Å². The minimum Gasteiger partial charge on any atom is -0.497 e. The third kappa shape index (κ3) is 2.52. The second-order valence-electron chi connectivity index (χ2n) is 8.97. The molecule has 136 valence electrons. The third-order valence-electron chi connectivity index (χ3n) is 7.51. The first-order valence-electron chi connectivity index (χ1n) is 10.1. The molecule has 1 aliphatic heterocycles. The molecule has 0 aromatic carbocycles. The fourth-order valence-electron chi connectivity index (χ4n) is 6.01. The van der Waals surface area contributed by atoms with Gasteiger partial charge in [-0.05, 0) is 49.2 Å². The number of nitrogens with one attached hydrogen (secondary N) is 1. The lowest BCUT2D eigenvalue weighted by Gasteiger charge is -2.50. The molecule has 5 aliphatic rings. The van der Waals surface area contributed by atoms with Crippen LogP contribution in [0.1, 0.15) is 51.4 Å². The van der Waals surface area contributed by atoms with Crippen LogP contribution in [-0.4, -0.2) is 36.2 Å². The van der Waals surface area contributed by atoms with Crippen LogP contribution < -0.4 is 5.32 Å². The normalized spacial score (nSPS) is 43.3. The van der Waals surface area contributed by atoms with E-state index in [-0.39, 0.29) is 5.92 Å². The van der Waals surface area contributed by atoms with Crippen LogP contribution in [0.15, 0.2) is 23.0 Å². The molecular weight excluding hydrogens is 314 g/mol. The molecule has 0 radical (unpaired) electrons. The van der Waals surface area contributed by atoms with E-state index >= 15 is 0 Å². The molecule has 5 rings (SSSR count). The molecule has 4 fully saturated rings. The molecule has 0 aromatic heterocycles. The van der Waals surface area contributed by atoms with Crippen molar-refractivity contribution in [2.75, 3.05) is 13.7 Å². The SMILES string of the molecule is COC1=C2C(CC3CC3)CNC2C2CC[C@]3(O)CCC(=O)C[C@@H]3C2=C1. The number of aliphatic hydroxyl groups is 1. The number of carbonyl (C=O) groups excluding carboxylic acids is 1. The summed E-state index contributed by atoms with van der Waals surface area (Å²) >= 11 is 0. The van der Waals surface area contributed by atoms with E-state index in [1.807, 2.05) is 0 Å². The van der Waals surface area contributed by atoms with Crippen LogP contribution >= 0.6 is 0 Å². The van der Waals surface area contributed by atoms with Gasteiger partial charge in [-0.15, -0.1) is 0 Å². The van der Waals surface area contributed by atoms with E-state index in [1.54, 1.807) is 7.11 Å². The minimum atomic E-state index is -0.682. The van der Waals surface area contributed by atoms with Gasteiger partial charge in [-0.2, -0.15) is 0 Å². The van der Waals surface area contributed by atoms with Gasteiger partial charge < -0.3 is 15.2 Å². The number of hydrogen-bond donors (Lipinski definition) is 2. The summed E-state index contributed by atoms with van der Waals surface area (Å²) in [5.74, 6) is 3.23. The van der Waals surface area contributed by atoms with Gasteiger partial charge in [-0.3, -0.25) is 4.79 Å². The van der Waals surface area contributed by atoms with Gasteiger partial charge >= 0.3 is 0 Å². The Morgan fingerprint density at radius 2 is 2.16 bits per heavy atom. The van der Waals surface area contributed by atoms with Gasteiger partial charge in [0.2, 0.25) is 0 Å². The lowest BCUT2D eigenvalue weighted by molar-refractivity contribution is -0.132. The predicted molar refractivity (Wildman–Crippen MR) is 94.8 cm³/mol. The zero-order chi connectivity index (χ0) is 17.2. The Morgan fingerprint density at radius 1 is 1.32 bits per heavy atom. The lowest BCUT2D eigenvalue weighted by atomic mass is 9.58. The summed E-state index contributed by atoms with van der Waals surface area (Å²) in [6, 6.07) is 0.347. The summed E-state index contributed by atoms with van der Waals surface area (Å²) in [7, 11) is 1.77. The van der Waals surface area contributed by atoms with E-state index in [2.05, 4.69) is 11.4 Å². The number of hydrogen-bond acceptors (Lipinski definition) is 4. The monoisotopic (exact) mass is 343 g/mol. The van der Waals surface area contributed by atoms with Crippen molar-refractivity contribution in [2.24, 2.45) is 23.7 Å². The Balaban J connectivity index is 1.52. The Kier molecular flexibility index (Phi) is 3.65. The Hall–Kier alpha value is -1.13. The molecule has 3 unspecified atom stereocenters. The fourth-order valence-corrected chi connectivity index (χ4v) is 6.01. The molecule has 5 atom stereocenters. The Morgan fingerprint density at radius 3 is 2.92 bits per heavy atom. The van der Waals surface area contributed by atoms with Gasteiger partial charge in [0, 0.05) is 37.3 Å². The highest BCUT2D eigenvalue weighted by Gasteiger charge is 2.53. The summed E-state index contributed by atoms with van der Waals surface area (Å²) in [5.41, 5.74) is 2.06. The van der Waals surface area contributed by atoms with Crippen LogP contribution in [-0.2, 0) is 9.53 Å². The van der Waals surface area contributed by atoms with E-state index in [0.29, 0.717) is 42.9 Å². The van der Waals surface area contributed by atoms with Gasteiger partial charge in [-0.25, -0.2) is 0 Å². The molecule has 0 bridgehead atoms. The maximum Gasteiger partial charge on any atom is 0.133 e. The number of fused-ring (bicyclic) bond motifs is 5. The van der Waals surface area contributed by atoms with Crippen molar-refractivity contribution >= 4 is 5.78 Å². The molecule has 0 amide bonds. The topological polar surface area (TPSA) is 58.6 Å². The van der Waals surface area contributed by atoms with Crippen molar-refractivity contribution in [3.8, 4) is 0 Å². The summed E-state index contributed by atoms with van der Waals surface area (Å²) in [4.78, 5) is 12.1. The number of allylic oxidation sites excluding steroid dienone is 1. The summed E-state index contributed by atoms with van der Waals surface area (Å²) in [5, 5.41) is 14.9. The summed E-state index contributed by atoms with van der Waals surface area (Å²) < 4.78 is 5.82. The lowest BCUT2D eigenvalue weighted by Crippen LogP contribution is -2.52. The molecule has 4 heteroatoms. The van der Waals surface area contributed by atoms with Gasteiger partial charge in [0.05, 0.1) is 12.7 Å². The summed E-state index contributed by atoms with van der Waals surface area (Å²) in [6.07, 6.45) is 9.77. The van der Waals surface area contributed by atoms with Crippen molar-refractivity contribution < 1.29 is 14.6 Å². The number of Topliss-reactive ketones (excluding diaryl/α,β-unsaturated/α-hetero) is 1. The van der Waals surface area contributed by atoms with E-state index in [4.69, 9.17) is 4.74 Å². The number of rotatable bonds is 3. The highest BCUT2D eigenvalue weighted by Crippen LogP contribution is 2.54. The quantitative estimate of drug-likeness (QED) is 0.827. The molecule has 1 saturated heterocycles. The molecule has 0 spiro atoms. The molecule has 0 aromatic rings. The van der Waals surface area contributed by atoms with Crippen molar-refractivity contribution in [3.05, 3.63) is 23.0 Å². The van der Waals surface area contributed by atoms with Gasteiger partial charge in [0.25, 0.3) is 0 Å². The zero-order valence-corrected chi connectivity index (χ0v) is 15.1. The number of ketones is 1. The molecule has 4 aliphatic carbocycles. The maximum absolute atomic E-state index is 12.1. The predicted octanol–water partition coefficient (Wildman–Crippen LogP) is 2.73. The molecule has 4 nitrogen and oxygen atoms in total. The van der Waals surface area contributed by atoms with E-state index in [0.717, 1.165) is 31.1 Å². The van der Waals surface area contributed by atoms with Crippen LogP contribution in [0, 0.1) is 23.7 Å². The van der Waals surface area contributed by atoms with Crippen molar-refractivity contribution in [3.63, 3.8) is 0 Å². The first-order valence-corrected chi connectivity index (χ1v) is 10.1. The Bertz CT molecular complexity index is 662. The largest absolute Gasteiger partial charge is 0.497 e. The molecule has 2 N–H and O–H groups in total. The molecule has 25 heavy (non-hydrogen) atoms. The smallest absolute Gasteiger partial charge is 0.133 e. The highest BCUT2D eigenvalue weighted by atomic mass is 16.5. The van der Waals surface area contributed by atoms with Gasteiger partial charge in [-0.1, -0.05) is 18.4 Å². The minimum absolute atomic E-state index is 0.0107. The second kappa shape index (κ2) is 5.68.